The quantitative estimate of drug-likeness (QED) is 0.819. The SMILES string of the molecule is O=C(O)C1CC(NC(=O)N2CC=CCC2)c2ccccc21. The highest BCUT2D eigenvalue weighted by Crippen LogP contribution is 2.40. The molecule has 0 bridgehead atoms. The molecule has 3 rings (SSSR count). The van der Waals surface area contributed by atoms with E-state index in [-0.39, 0.29) is 12.1 Å². The normalized spacial score (nSPS) is 23.7. The Balaban J connectivity index is 1.76. The summed E-state index contributed by atoms with van der Waals surface area (Å²) in [6, 6.07) is 7.12. The van der Waals surface area contributed by atoms with E-state index >= 15 is 0 Å². The van der Waals surface area contributed by atoms with Gasteiger partial charge in [-0.2, -0.15) is 0 Å². The summed E-state index contributed by atoms with van der Waals surface area (Å²) in [5, 5.41) is 12.3. The van der Waals surface area contributed by atoms with Crippen molar-refractivity contribution in [2.45, 2.75) is 24.8 Å². The van der Waals surface area contributed by atoms with Crippen molar-refractivity contribution in [3.8, 4) is 0 Å². The zero-order valence-electron chi connectivity index (χ0n) is 11.7. The first-order valence-electron chi connectivity index (χ1n) is 7.19. The number of carbonyl (C=O) groups is 2. The van der Waals surface area contributed by atoms with Gasteiger partial charge in [-0.25, -0.2) is 4.79 Å². The minimum Gasteiger partial charge on any atom is -0.481 e. The van der Waals surface area contributed by atoms with E-state index in [1.54, 1.807) is 4.90 Å². The zero-order valence-corrected chi connectivity index (χ0v) is 11.7. The number of nitrogens with zero attached hydrogens (tertiary/aromatic N) is 1. The summed E-state index contributed by atoms with van der Waals surface area (Å²) >= 11 is 0. The third-order valence-electron chi connectivity index (χ3n) is 4.16. The Morgan fingerprint density at radius 2 is 1.95 bits per heavy atom. The second-order valence-corrected chi connectivity index (χ2v) is 5.46. The average Bonchev–Trinajstić information content (AvgIpc) is 2.87. The van der Waals surface area contributed by atoms with E-state index in [0.29, 0.717) is 19.5 Å². The minimum atomic E-state index is -0.833. The molecule has 2 unspecified atom stereocenters. The van der Waals surface area contributed by atoms with Crippen LogP contribution in [0.3, 0.4) is 0 Å². The Bertz CT molecular complexity index is 597. The summed E-state index contributed by atoms with van der Waals surface area (Å²) in [5.74, 6) is -1.37. The highest BCUT2D eigenvalue weighted by atomic mass is 16.4. The predicted molar refractivity (Wildman–Crippen MR) is 78.0 cm³/mol. The fourth-order valence-corrected chi connectivity index (χ4v) is 3.07. The summed E-state index contributed by atoms with van der Waals surface area (Å²) < 4.78 is 0. The lowest BCUT2D eigenvalue weighted by Crippen LogP contribution is -2.42. The van der Waals surface area contributed by atoms with Crippen molar-refractivity contribution in [1.29, 1.82) is 0 Å². The van der Waals surface area contributed by atoms with Crippen LogP contribution in [-0.4, -0.2) is 35.1 Å². The highest BCUT2D eigenvalue weighted by molar-refractivity contribution is 5.80. The topological polar surface area (TPSA) is 69.6 Å². The number of hydrogen-bond acceptors (Lipinski definition) is 2. The van der Waals surface area contributed by atoms with E-state index in [2.05, 4.69) is 11.4 Å². The molecule has 0 saturated heterocycles. The van der Waals surface area contributed by atoms with Gasteiger partial charge >= 0.3 is 12.0 Å². The highest BCUT2D eigenvalue weighted by Gasteiger charge is 2.36. The molecule has 1 heterocycles. The van der Waals surface area contributed by atoms with Gasteiger partial charge < -0.3 is 15.3 Å². The molecule has 2 N–H and O–H groups in total. The van der Waals surface area contributed by atoms with Crippen molar-refractivity contribution < 1.29 is 14.7 Å². The Morgan fingerprint density at radius 1 is 1.19 bits per heavy atom. The van der Waals surface area contributed by atoms with Crippen LogP contribution in [0.1, 0.15) is 35.9 Å². The van der Waals surface area contributed by atoms with E-state index in [9.17, 15) is 14.7 Å². The van der Waals surface area contributed by atoms with Crippen LogP contribution in [0, 0.1) is 0 Å². The minimum absolute atomic E-state index is 0.120. The first kappa shape index (κ1) is 13.7. The molecule has 2 aliphatic rings. The van der Waals surface area contributed by atoms with Gasteiger partial charge in [-0.05, 0) is 24.0 Å². The third-order valence-corrected chi connectivity index (χ3v) is 4.16. The molecule has 0 aromatic heterocycles. The van der Waals surface area contributed by atoms with Crippen LogP contribution >= 0.6 is 0 Å². The summed E-state index contributed by atoms with van der Waals surface area (Å²) in [4.78, 5) is 25.4. The molecule has 110 valence electrons. The molecule has 1 aliphatic heterocycles. The lowest BCUT2D eigenvalue weighted by Gasteiger charge is -2.26. The van der Waals surface area contributed by atoms with Gasteiger partial charge in [0.15, 0.2) is 0 Å². The molecule has 21 heavy (non-hydrogen) atoms. The van der Waals surface area contributed by atoms with Crippen LogP contribution in [0.15, 0.2) is 36.4 Å². The number of fused-ring (bicyclic) bond motifs is 1. The Morgan fingerprint density at radius 3 is 2.62 bits per heavy atom. The van der Waals surface area contributed by atoms with Gasteiger partial charge in [-0.15, -0.1) is 0 Å². The molecular formula is C16H18N2O3. The van der Waals surface area contributed by atoms with Crippen molar-refractivity contribution in [3.05, 3.63) is 47.5 Å². The first-order valence-corrected chi connectivity index (χ1v) is 7.19. The summed E-state index contributed by atoms with van der Waals surface area (Å²) in [6.45, 7) is 1.32. The van der Waals surface area contributed by atoms with Gasteiger partial charge in [0.1, 0.15) is 0 Å². The Kier molecular flexibility index (Phi) is 3.64. The van der Waals surface area contributed by atoms with Crippen LogP contribution in [-0.2, 0) is 4.79 Å². The molecule has 5 heteroatoms. The van der Waals surface area contributed by atoms with E-state index in [0.717, 1.165) is 17.5 Å². The van der Waals surface area contributed by atoms with E-state index < -0.39 is 11.9 Å². The molecule has 1 aliphatic carbocycles. The van der Waals surface area contributed by atoms with Crippen LogP contribution in [0.2, 0.25) is 0 Å². The third kappa shape index (κ3) is 2.63. The van der Waals surface area contributed by atoms with Gasteiger partial charge in [-0.3, -0.25) is 4.79 Å². The number of aliphatic carboxylic acids is 1. The van der Waals surface area contributed by atoms with Crippen LogP contribution < -0.4 is 5.32 Å². The monoisotopic (exact) mass is 286 g/mol. The molecule has 0 spiro atoms. The van der Waals surface area contributed by atoms with Crippen molar-refractivity contribution in [1.82, 2.24) is 10.2 Å². The molecule has 0 fully saturated rings. The number of carboxylic acids is 1. The number of hydrogen-bond donors (Lipinski definition) is 2. The number of carbonyl (C=O) groups excluding carboxylic acids is 1. The van der Waals surface area contributed by atoms with Gasteiger partial charge in [0, 0.05) is 13.1 Å². The second kappa shape index (κ2) is 5.60. The van der Waals surface area contributed by atoms with Crippen LogP contribution in [0.4, 0.5) is 4.79 Å². The van der Waals surface area contributed by atoms with Crippen LogP contribution in [0.5, 0.6) is 0 Å². The van der Waals surface area contributed by atoms with Crippen molar-refractivity contribution in [2.24, 2.45) is 0 Å². The average molecular weight is 286 g/mol. The van der Waals surface area contributed by atoms with E-state index in [1.807, 2.05) is 30.3 Å². The lowest BCUT2D eigenvalue weighted by atomic mass is 10.0. The summed E-state index contributed by atoms with van der Waals surface area (Å²) in [7, 11) is 0. The number of rotatable bonds is 2. The summed E-state index contributed by atoms with van der Waals surface area (Å²) in [6.07, 6.45) is 5.33. The van der Waals surface area contributed by atoms with Gasteiger partial charge in [0.25, 0.3) is 0 Å². The molecule has 1 aromatic rings. The maximum absolute atomic E-state index is 12.3. The van der Waals surface area contributed by atoms with Crippen LogP contribution in [0.25, 0.3) is 0 Å². The number of nitrogens with one attached hydrogen (secondary N) is 1. The number of urea groups is 1. The summed E-state index contributed by atoms with van der Waals surface area (Å²) in [5.41, 5.74) is 1.74. The van der Waals surface area contributed by atoms with E-state index in [4.69, 9.17) is 0 Å². The van der Waals surface area contributed by atoms with Gasteiger partial charge in [0.2, 0.25) is 0 Å². The fourth-order valence-electron chi connectivity index (χ4n) is 3.07. The molecular weight excluding hydrogens is 268 g/mol. The first-order chi connectivity index (χ1) is 10.2. The number of benzene rings is 1. The van der Waals surface area contributed by atoms with Crippen molar-refractivity contribution in [3.63, 3.8) is 0 Å². The zero-order chi connectivity index (χ0) is 14.8. The number of amides is 2. The predicted octanol–water partition coefficient (Wildman–Crippen LogP) is 2.27. The van der Waals surface area contributed by atoms with Gasteiger partial charge in [-0.1, -0.05) is 36.4 Å². The smallest absolute Gasteiger partial charge is 0.318 e. The molecule has 2 atom stereocenters. The maximum atomic E-state index is 12.3. The Labute approximate surface area is 123 Å². The van der Waals surface area contributed by atoms with E-state index in [1.165, 1.54) is 0 Å². The molecule has 0 saturated carbocycles. The maximum Gasteiger partial charge on any atom is 0.318 e. The molecule has 0 radical (unpaired) electrons. The lowest BCUT2D eigenvalue weighted by molar-refractivity contribution is -0.138. The number of carboxylic acid groups (broad SMARTS) is 1. The second-order valence-electron chi connectivity index (χ2n) is 5.46. The Hall–Kier alpha value is -2.30. The van der Waals surface area contributed by atoms with Crippen molar-refractivity contribution in [2.75, 3.05) is 13.1 Å². The van der Waals surface area contributed by atoms with Gasteiger partial charge in [0.05, 0.1) is 12.0 Å². The standard InChI is InChI=1S/C16H18N2O3/c19-15(20)13-10-14(12-7-3-2-6-11(12)13)17-16(21)18-8-4-1-5-9-18/h1-4,6-7,13-14H,5,8-10H2,(H,17,21)(H,19,20). The van der Waals surface area contributed by atoms with Crippen molar-refractivity contribution >= 4 is 12.0 Å². The molecule has 1 aromatic carbocycles. The fraction of sp³-hybridized carbons (Fsp3) is 0.375. The largest absolute Gasteiger partial charge is 0.481 e. The molecule has 5 nitrogen and oxygen atoms in total. The molecule has 2 amide bonds.